The number of carbonyl (C=O) groups is 5. The molecular formula is C35H36N4O7. The highest BCUT2D eigenvalue weighted by molar-refractivity contribution is 6.38. The number of rotatable bonds is 12. The van der Waals surface area contributed by atoms with Crippen LogP contribution in [0.15, 0.2) is 78.9 Å². The highest BCUT2D eigenvalue weighted by atomic mass is 16.5. The van der Waals surface area contributed by atoms with Gasteiger partial charge in [0.2, 0.25) is 17.6 Å². The van der Waals surface area contributed by atoms with E-state index in [1.165, 1.54) is 4.90 Å². The maximum Gasteiger partial charge on any atom is 0.289 e. The van der Waals surface area contributed by atoms with E-state index in [0.717, 1.165) is 24.0 Å². The highest BCUT2D eigenvalue weighted by Gasteiger charge is 2.40. The molecule has 2 heterocycles. The van der Waals surface area contributed by atoms with Crippen molar-refractivity contribution in [2.45, 2.75) is 56.8 Å². The van der Waals surface area contributed by atoms with Crippen molar-refractivity contribution >= 4 is 29.4 Å². The van der Waals surface area contributed by atoms with Crippen molar-refractivity contribution in [2.24, 2.45) is 5.92 Å². The lowest BCUT2D eigenvalue weighted by Crippen LogP contribution is -2.57. The molecular weight excluding hydrogens is 588 g/mol. The zero-order valence-corrected chi connectivity index (χ0v) is 25.3. The van der Waals surface area contributed by atoms with Gasteiger partial charge in [0.05, 0.1) is 6.04 Å². The zero-order chi connectivity index (χ0) is 32.0. The summed E-state index contributed by atoms with van der Waals surface area (Å²) in [5.41, 5.74) is 1.81. The molecule has 0 unspecified atom stereocenters. The third kappa shape index (κ3) is 7.53. The molecule has 2 fully saturated rings. The minimum absolute atomic E-state index is 0.00115. The Morgan fingerprint density at radius 1 is 0.848 bits per heavy atom. The van der Waals surface area contributed by atoms with E-state index in [9.17, 15) is 24.0 Å². The summed E-state index contributed by atoms with van der Waals surface area (Å²) in [5, 5.41) is 8.17. The van der Waals surface area contributed by atoms with Gasteiger partial charge in [-0.05, 0) is 73.2 Å². The molecule has 3 N–H and O–H groups in total. The van der Waals surface area contributed by atoms with Crippen molar-refractivity contribution in [3.8, 4) is 17.2 Å². The Kier molecular flexibility index (Phi) is 9.28. The zero-order valence-electron chi connectivity index (χ0n) is 25.3. The first-order chi connectivity index (χ1) is 22.3. The number of ether oxygens (including phenoxy) is 2. The summed E-state index contributed by atoms with van der Waals surface area (Å²) in [7, 11) is 0. The lowest BCUT2D eigenvalue weighted by molar-refractivity contribution is -0.145. The standard InChI is InChI=1S/C35H36N4O7/c40-31(21-45-26-12-14-28(15-13-26)46-27-8-2-1-3-9-27)39-20-24-7-5-4-6-22(24)19-30(39)34(43)38-29(18-23-16-17-36-33(23)42)32(41)35(44)37-25-10-11-25/h1-9,12-15,23,25,29-30H,10-11,16-21H2,(H,36,42)(H,37,44)(H,38,43)/t23-,29-,30-/m0/s1. The number of ketones is 1. The van der Waals surface area contributed by atoms with Gasteiger partial charge in [-0.25, -0.2) is 0 Å². The van der Waals surface area contributed by atoms with Crippen molar-refractivity contribution in [1.82, 2.24) is 20.9 Å². The summed E-state index contributed by atoms with van der Waals surface area (Å²) in [4.78, 5) is 67.2. The number of fused-ring (bicyclic) bond motifs is 1. The number of hydrogen-bond acceptors (Lipinski definition) is 7. The van der Waals surface area contributed by atoms with Crippen LogP contribution in [-0.4, -0.2) is 65.6 Å². The maximum absolute atomic E-state index is 13.9. The quantitative estimate of drug-likeness (QED) is 0.263. The molecule has 46 heavy (non-hydrogen) atoms. The van der Waals surface area contributed by atoms with E-state index < -0.39 is 41.5 Å². The summed E-state index contributed by atoms with van der Waals surface area (Å²) >= 11 is 0. The second-order valence-corrected chi connectivity index (χ2v) is 11.9. The lowest BCUT2D eigenvalue weighted by Gasteiger charge is -2.36. The molecule has 11 heteroatoms. The van der Waals surface area contributed by atoms with Crippen LogP contribution in [0.2, 0.25) is 0 Å². The van der Waals surface area contributed by atoms with Gasteiger partial charge in [-0.2, -0.15) is 0 Å². The highest BCUT2D eigenvalue weighted by Crippen LogP contribution is 2.27. The molecule has 3 aliphatic rings. The average molecular weight is 625 g/mol. The predicted molar refractivity (Wildman–Crippen MR) is 167 cm³/mol. The first-order valence-electron chi connectivity index (χ1n) is 15.6. The summed E-state index contributed by atoms with van der Waals surface area (Å²) in [6.45, 7) is 0.322. The van der Waals surface area contributed by atoms with Gasteiger partial charge >= 0.3 is 0 Å². The molecule has 2 aliphatic heterocycles. The SMILES string of the molecule is O=C(NC1CC1)C(=O)[C@H](C[C@@H]1CCNC1=O)NC(=O)[C@@H]1Cc2ccccc2CN1C(=O)COc1ccc(Oc2ccccc2)cc1. The van der Waals surface area contributed by atoms with Crippen LogP contribution in [0.1, 0.15) is 36.8 Å². The van der Waals surface area contributed by atoms with Crippen LogP contribution < -0.4 is 25.4 Å². The molecule has 0 aromatic heterocycles. The number of para-hydroxylation sites is 1. The van der Waals surface area contributed by atoms with E-state index >= 15 is 0 Å². The van der Waals surface area contributed by atoms with Gasteiger partial charge in [-0.1, -0.05) is 42.5 Å². The van der Waals surface area contributed by atoms with Gasteiger partial charge < -0.3 is 30.3 Å². The summed E-state index contributed by atoms with van der Waals surface area (Å²) in [6, 6.07) is 21.6. The molecule has 3 aromatic rings. The topological polar surface area (TPSA) is 143 Å². The number of hydrogen-bond donors (Lipinski definition) is 3. The molecule has 1 saturated heterocycles. The third-order valence-electron chi connectivity index (χ3n) is 8.49. The molecule has 11 nitrogen and oxygen atoms in total. The minimum Gasteiger partial charge on any atom is -0.484 e. The first-order valence-corrected chi connectivity index (χ1v) is 15.6. The lowest BCUT2D eigenvalue weighted by atomic mass is 9.92. The fourth-order valence-corrected chi connectivity index (χ4v) is 5.77. The smallest absolute Gasteiger partial charge is 0.289 e. The van der Waals surface area contributed by atoms with Gasteiger partial charge in [-0.3, -0.25) is 24.0 Å². The average Bonchev–Trinajstić information content (AvgIpc) is 3.81. The van der Waals surface area contributed by atoms with E-state index in [4.69, 9.17) is 9.47 Å². The Bertz CT molecular complexity index is 1610. The van der Waals surface area contributed by atoms with Crippen LogP contribution in [0.5, 0.6) is 17.2 Å². The molecule has 3 aromatic carbocycles. The fourth-order valence-electron chi connectivity index (χ4n) is 5.77. The number of amides is 4. The minimum atomic E-state index is -1.21. The van der Waals surface area contributed by atoms with Gasteiger partial charge in [0.1, 0.15) is 23.3 Å². The summed E-state index contributed by atoms with van der Waals surface area (Å²) in [5.74, 6) is -1.52. The van der Waals surface area contributed by atoms with Crippen molar-refractivity contribution < 1.29 is 33.4 Å². The monoisotopic (exact) mass is 624 g/mol. The van der Waals surface area contributed by atoms with Crippen LogP contribution in [0.3, 0.4) is 0 Å². The fraction of sp³-hybridized carbons (Fsp3) is 0.343. The van der Waals surface area contributed by atoms with Gasteiger partial charge in [0.25, 0.3) is 11.8 Å². The largest absolute Gasteiger partial charge is 0.484 e. The van der Waals surface area contributed by atoms with Crippen LogP contribution in [0.4, 0.5) is 0 Å². The molecule has 238 valence electrons. The molecule has 4 amide bonds. The Balaban J connectivity index is 1.15. The molecule has 1 aliphatic carbocycles. The van der Waals surface area contributed by atoms with Crippen molar-refractivity contribution in [3.63, 3.8) is 0 Å². The number of nitrogens with one attached hydrogen (secondary N) is 3. The molecule has 1 saturated carbocycles. The van der Waals surface area contributed by atoms with Gasteiger partial charge in [0, 0.05) is 31.5 Å². The number of Topliss-reactive ketones (excluding diaryl/α,β-unsaturated/α-hetero) is 1. The van der Waals surface area contributed by atoms with Gasteiger partial charge in [0.15, 0.2) is 6.61 Å². The third-order valence-corrected chi connectivity index (χ3v) is 8.49. The Hall–Kier alpha value is -5.19. The molecule has 3 atom stereocenters. The van der Waals surface area contributed by atoms with E-state index in [0.29, 0.717) is 30.2 Å². The predicted octanol–water partition coefficient (Wildman–Crippen LogP) is 2.67. The molecule has 6 rings (SSSR count). The van der Waals surface area contributed by atoms with E-state index in [1.807, 2.05) is 54.6 Å². The van der Waals surface area contributed by atoms with Crippen LogP contribution in [0.25, 0.3) is 0 Å². The van der Waals surface area contributed by atoms with Crippen molar-refractivity contribution in [1.29, 1.82) is 0 Å². The van der Waals surface area contributed by atoms with Crippen LogP contribution in [-0.2, 0) is 36.9 Å². The number of nitrogens with zero attached hydrogens (tertiary/aromatic N) is 1. The van der Waals surface area contributed by atoms with E-state index in [-0.39, 0.29) is 37.9 Å². The second kappa shape index (κ2) is 13.8. The first kappa shape index (κ1) is 30.8. The van der Waals surface area contributed by atoms with Crippen LogP contribution in [0, 0.1) is 5.92 Å². The van der Waals surface area contributed by atoms with Crippen molar-refractivity contribution in [2.75, 3.05) is 13.2 Å². The van der Waals surface area contributed by atoms with Gasteiger partial charge in [-0.15, -0.1) is 0 Å². The Labute approximate surface area is 266 Å². The summed E-state index contributed by atoms with van der Waals surface area (Å²) in [6.07, 6.45) is 2.32. The maximum atomic E-state index is 13.9. The second-order valence-electron chi connectivity index (χ2n) is 11.9. The number of carbonyl (C=O) groups excluding carboxylic acids is 5. The normalized spacial score (nSPS) is 19.3. The molecule has 0 bridgehead atoms. The molecule has 0 spiro atoms. The van der Waals surface area contributed by atoms with E-state index in [1.54, 1.807) is 24.3 Å². The number of benzene rings is 3. The van der Waals surface area contributed by atoms with Crippen LogP contribution >= 0.6 is 0 Å². The Morgan fingerprint density at radius 3 is 2.22 bits per heavy atom. The summed E-state index contributed by atoms with van der Waals surface area (Å²) < 4.78 is 11.6. The van der Waals surface area contributed by atoms with E-state index in [2.05, 4.69) is 16.0 Å². The van der Waals surface area contributed by atoms with Crippen molar-refractivity contribution in [3.05, 3.63) is 90.0 Å². The Morgan fingerprint density at radius 2 is 1.52 bits per heavy atom. The molecule has 0 radical (unpaired) electrons.